The summed E-state index contributed by atoms with van der Waals surface area (Å²) in [5.41, 5.74) is 0. The Bertz CT molecular complexity index is 432. The zero-order valence-corrected chi connectivity index (χ0v) is 18.1. The van der Waals surface area contributed by atoms with Crippen molar-refractivity contribution in [2.45, 2.75) is 65.0 Å². The molecule has 0 spiro atoms. The first kappa shape index (κ1) is 23.7. The highest BCUT2D eigenvalue weighted by Gasteiger charge is 2.15. The van der Waals surface area contributed by atoms with E-state index in [1.807, 2.05) is 0 Å². The summed E-state index contributed by atoms with van der Waals surface area (Å²) < 4.78 is 5.79. The Morgan fingerprint density at radius 2 is 2.00 bits per heavy atom. The first-order valence-corrected chi connectivity index (χ1v) is 10.5. The molecule has 1 aliphatic heterocycles. The van der Waals surface area contributed by atoms with Gasteiger partial charge in [-0.1, -0.05) is 13.8 Å². The zero-order chi connectivity index (χ0) is 20.1. The highest BCUT2D eigenvalue weighted by molar-refractivity contribution is 5.84. The smallest absolute Gasteiger partial charge is 0.243 e. The van der Waals surface area contributed by atoms with Crippen molar-refractivity contribution in [2.75, 3.05) is 53.4 Å². The second-order valence-electron chi connectivity index (χ2n) is 7.54. The molecule has 2 N–H and O–H groups in total. The van der Waals surface area contributed by atoms with E-state index in [4.69, 9.17) is 4.74 Å². The van der Waals surface area contributed by atoms with Crippen molar-refractivity contribution < 1.29 is 9.53 Å². The van der Waals surface area contributed by atoms with E-state index in [1.54, 1.807) is 19.0 Å². The largest absolute Gasteiger partial charge is 0.376 e. The van der Waals surface area contributed by atoms with Gasteiger partial charge in [-0.3, -0.25) is 4.79 Å². The van der Waals surface area contributed by atoms with Gasteiger partial charge in [-0.2, -0.15) is 0 Å². The van der Waals surface area contributed by atoms with Gasteiger partial charge in [0, 0.05) is 33.3 Å². The Labute approximate surface area is 165 Å². The van der Waals surface area contributed by atoms with Gasteiger partial charge in [-0.05, 0) is 58.7 Å². The Morgan fingerprint density at radius 1 is 1.26 bits per heavy atom. The molecule has 7 heteroatoms. The number of hydrogen-bond donors (Lipinski definition) is 2. The van der Waals surface area contributed by atoms with Crippen LogP contribution in [0.1, 0.15) is 52.9 Å². The lowest BCUT2D eigenvalue weighted by atomic mass is 10.1. The van der Waals surface area contributed by atoms with Crippen LogP contribution in [0.15, 0.2) is 4.99 Å². The maximum atomic E-state index is 11.9. The van der Waals surface area contributed by atoms with Gasteiger partial charge < -0.3 is 25.2 Å². The lowest BCUT2D eigenvalue weighted by Gasteiger charge is -2.25. The van der Waals surface area contributed by atoms with E-state index in [-0.39, 0.29) is 18.6 Å². The minimum Gasteiger partial charge on any atom is -0.376 e. The summed E-state index contributed by atoms with van der Waals surface area (Å²) in [6, 6.07) is 0.300. The van der Waals surface area contributed by atoms with Crippen LogP contribution in [-0.2, 0) is 9.53 Å². The van der Waals surface area contributed by atoms with Gasteiger partial charge in [0.05, 0.1) is 6.10 Å². The number of likely N-dealkylation sites (N-methyl/N-ethyl adjacent to an activating group) is 1. The molecule has 7 nitrogen and oxygen atoms in total. The lowest BCUT2D eigenvalue weighted by Crippen LogP contribution is -2.46. The molecule has 0 aromatic carbocycles. The van der Waals surface area contributed by atoms with Crippen LogP contribution in [0.25, 0.3) is 0 Å². The van der Waals surface area contributed by atoms with Crippen molar-refractivity contribution >= 4 is 11.9 Å². The molecular weight excluding hydrogens is 342 g/mol. The number of nitrogens with one attached hydrogen (secondary N) is 2. The summed E-state index contributed by atoms with van der Waals surface area (Å²) in [6.07, 6.45) is 5.89. The van der Waals surface area contributed by atoms with Crippen LogP contribution in [0.5, 0.6) is 0 Å². The second kappa shape index (κ2) is 13.8. The fourth-order valence-electron chi connectivity index (χ4n) is 3.09. The van der Waals surface area contributed by atoms with Crippen molar-refractivity contribution in [3.63, 3.8) is 0 Å². The van der Waals surface area contributed by atoms with Gasteiger partial charge in [-0.25, -0.2) is 4.99 Å². The third kappa shape index (κ3) is 10.5. The SMILES string of the molecule is CCN(CC)CCCC(C)NC(=NCC(=O)N(C)C)NCC1CCCCO1. The number of hydrogen-bond acceptors (Lipinski definition) is 4. The molecule has 0 radical (unpaired) electrons. The Hall–Kier alpha value is -1.34. The van der Waals surface area contributed by atoms with Crippen LogP contribution < -0.4 is 10.6 Å². The Balaban J connectivity index is 2.50. The number of amides is 1. The maximum Gasteiger partial charge on any atom is 0.243 e. The Kier molecular flexibility index (Phi) is 12.1. The van der Waals surface area contributed by atoms with Gasteiger partial charge >= 0.3 is 0 Å². The summed E-state index contributed by atoms with van der Waals surface area (Å²) in [5, 5.41) is 6.82. The molecule has 1 saturated heterocycles. The first-order valence-electron chi connectivity index (χ1n) is 10.5. The van der Waals surface area contributed by atoms with Crippen molar-refractivity contribution in [3.8, 4) is 0 Å². The number of ether oxygens (including phenoxy) is 1. The minimum atomic E-state index is -0.000738. The molecule has 0 aromatic heterocycles. The van der Waals surface area contributed by atoms with Crippen LogP contribution in [-0.4, -0.2) is 87.2 Å². The fraction of sp³-hybridized carbons (Fsp3) is 0.900. The molecule has 1 heterocycles. The quantitative estimate of drug-likeness (QED) is 0.420. The average molecular weight is 384 g/mol. The molecule has 158 valence electrons. The number of aliphatic imine (C=N–C) groups is 1. The first-order chi connectivity index (χ1) is 13.0. The maximum absolute atomic E-state index is 11.9. The Morgan fingerprint density at radius 3 is 2.59 bits per heavy atom. The van der Waals surface area contributed by atoms with Crippen molar-refractivity contribution in [1.82, 2.24) is 20.4 Å². The molecule has 0 bridgehead atoms. The van der Waals surface area contributed by atoms with Crippen LogP contribution in [0.3, 0.4) is 0 Å². The molecule has 2 unspecified atom stereocenters. The van der Waals surface area contributed by atoms with E-state index in [0.717, 1.165) is 58.5 Å². The monoisotopic (exact) mass is 383 g/mol. The summed E-state index contributed by atoms with van der Waals surface area (Å²) in [5.74, 6) is 0.703. The summed E-state index contributed by atoms with van der Waals surface area (Å²) in [4.78, 5) is 20.4. The number of rotatable bonds is 11. The normalized spacial score (nSPS) is 19.0. The van der Waals surface area contributed by atoms with E-state index < -0.39 is 0 Å². The van der Waals surface area contributed by atoms with Gasteiger partial charge in [0.25, 0.3) is 0 Å². The molecule has 1 fully saturated rings. The molecule has 2 atom stereocenters. The number of guanidine groups is 1. The standard InChI is InChI=1S/C20H41N5O2/c1-6-25(7-2)13-10-11-17(3)23-20(22-16-19(26)24(4)5)21-15-18-12-8-9-14-27-18/h17-18H,6-16H2,1-5H3,(H2,21,22,23). The molecule has 0 aliphatic carbocycles. The molecule has 1 rings (SSSR count). The van der Waals surface area contributed by atoms with Gasteiger partial charge in [-0.15, -0.1) is 0 Å². The van der Waals surface area contributed by atoms with E-state index in [9.17, 15) is 4.79 Å². The van der Waals surface area contributed by atoms with E-state index in [0.29, 0.717) is 12.0 Å². The van der Waals surface area contributed by atoms with Crippen molar-refractivity contribution in [2.24, 2.45) is 4.99 Å². The summed E-state index contributed by atoms with van der Waals surface area (Å²) >= 11 is 0. The highest BCUT2D eigenvalue weighted by atomic mass is 16.5. The van der Waals surface area contributed by atoms with Crippen LogP contribution in [0.2, 0.25) is 0 Å². The van der Waals surface area contributed by atoms with Gasteiger partial charge in [0.1, 0.15) is 6.54 Å². The minimum absolute atomic E-state index is 0.000738. The average Bonchev–Trinajstić information content (AvgIpc) is 2.67. The number of carbonyl (C=O) groups excluding carboxylic acids is 1. The summed E-state index contributed by atoms with van der Waals surface area (Å²) in [6.45, 7) is 11.6. The molecule has 27 heavy (non-hydrogen) atoms. The molecule has 0 saturated carbocycles. The van der Waals surface area contributed by atoms with Crippen molar-refractivity contribution in [3.05, 3.63) is 0 Å². The topological polar surface area (TPSA) is 69.2 Å². The predicted molar refractivity (Wildman–Crippen MR) is 112 cm³/mol. The predicted octanol–water partition coefficient (Wildman–Crippen LogP) is 1.69. The lowest BCUT2D eigenvalue weighted by molar-refractivity contribution is -0.127. The third-order valence-corrected chi connectivity index (χ3v) is 5.03. The van der Waals surface area contributed by atoms with E-state index in [1.165, 1.54) is 6.42 Å². The third-order valence-electron chi connectivity index (χ3n) is 5.03. The second-order valence-corrected chi connectivity index (χ2v) is 7.54. The number of carbonyl (C=O) groups is 1. The molecular formula is C20H41N5O2. The van der Waals surface area contributed by atoms with E-state index >= 15 is 0 Å². The van der Waals surface area contributed by atoms with E-state index in [2.05, 4.69) is 41.3 Å². The van der Waals surface area contributed by atoms with Crippen LogP contribution in [0.4, 0.5) is 0 Å². The van der Waals surface area contributed by atoms with Gasteiger partial charge in [0.15, 0.2) is 5.96 Å². The van der Waals surface area contributed by atoms with Crippen LogP contribution in [0, 0.1) is 0 Å². The summed E-state index contributed by atoms with van der Waals surface area (Å²) in [7, 11) is 3.51. The fourth-order valence-corrected chi connectivity index (χ4v) is 3.09. The number of nitrogens with zero attached hydrogens (tertiary/aromatic N) is 3. The van der Waals surface area contributed by atoms with Crippen LogP contribution >= 0.6 is 0 Å². The molecule has 0 aromatic rings. The van der Waals surface area contributed by atoms with Crippen molar-refractivity contribution in [1.29, 1.82) is 0 Å². The molecule has 1 aliphatic rings. The zero-order valence-electron chi connectivity index (χ0n) is 18.1. The highest BCUT2D eigenvalue weighted by Crippen LogP contribution is 2.11. The van der Waals surface area contributed by atoms with Gasteiger partial charge in [0.2, 0.25) is 5.91 Å². The molecule has 1 amide bonds.